The molecule has 1 saturated heterocycles. The molecule has 3 unspecified atom stereocenters. The van der Waals surface area contributed by atoms with Crippen LogP contribution in [-0.4, -0.2) is 42.6 Å². The number of fused-ring (bicyclic) bond motifs is 1. The Morgan fingerprint density at radius 2 is 2.14 bits per heavy atom. The molecule has 1 saturated carbocycles. The molecule has 2 N–H and O–H groups in total. The van der Waals surface area contributed by atoms with Gasteiger partial charge in [-0.15, -0.1) is 12.4 Å². The van der Waals surface area contributed by atoms with Crippen molar-refractivity contribution in [2.75, 3.05) is 31.6 Å². The number of hydrogen-bond acceptors (Lipinski definition) is 4. The number of rotatable bonds is 4. The van der Waals surface area contributed by atoms with Gasteiger partial charge in [-0.3, -0.25) is 4.90 Å². The Morgan fingerprint density at radius 3 is 2.77 bits per heavy atom. The van der Waals surface area contributed by atoms with E-state index in [-0.39, 0.29) is 12.4 Å². The topological polar surface area (TPSA) is 45.4 Å². The molecule has 2 fully saturated rings. The lowest BCUT2D eigenvalue weighted by Crippen LogP contribution is -2.38. The standard InChI is InChI=1S/C17H28N4.ClH/c1-3-20(2)17-8-7-13(9-19-17)10-21-11-14-5-4-6-16(18)15(14)12-21;/h7-9,14-16H,3-6,10-12,18H2,1-2H3;1H. The molecule has 0 radical (unpaired) electrons. The van der Waals surface area contributed by atoms with E-state index in [1.54, 1.807) is 0 Å². The molecule has 3 rings (SSSR count). The molecule has 2 aliphatic rings. The second-order valence-electron chi connectivity index (χ2n) is 6.75. The van der Waals surface area contributed by atoms with Crippen LogP contribution >= 0.6 is 12.4 Å². The van der Waals surface area contributed by atoms with Crippen LogP contribution in [0.3, 0.4) is 0 Å². The first-order valence-corrected chi connectivity index (χ1v) is 8.31. The number of halogens is 1. The zero-order chi connectivity index (χ0) is 14.8. The van der Waals surface area contributed by atoms with E-state index in [1.165, 1.54) is 37.9 Å². The molecule has 0 aromatic carbocycles. The van der Waals surface area contributed by atoms with Crippen molar-refractivity contribution in [3.8, 4) is 0 Å². The summed E-state index contributed by atoms with van der Waals surface area (Å²) in [5.41, 5.74) is 7.61. The average molecular weight is 325 g/mol. The van der Waals surface area contributed by atoms with Gasteiger partial charge in [0.1, 0.15) is 5.82 Å². The number of nitrogens with zero attached hydrogens (tertiary/aromatic N) is 3. The molecular weight excluding hydrogens is 296 g/mol. The number of anilines is 1. The predicted octanol–water partition coefficient (Wildman–Crippen LogP) is 2.52. The molecule has 3 atom stereocenters. The lowest BCUT2D eigenvalue weighted by atomic mass is 9.78. The van der Waals surface area contributed by atoms with Crippen LogP contribution in [0.1, 0.15) is 31.7 Å². The molecule has 1 aromatic rings. The highest BCUT2D eigenvalue weighted by molar-refractivity contribution is 5.85. The van der Waals surface area contributed by atoms with Crippen molar-refractivity contribution >= 4 is 18.2 Å². The molecule has 2 heterocycles. The molecule has 1 aromatic heterocycles. The summed E-state index contributed by atoms with van der Waals surface area (Å²) in [7, 11) is 2.08. The minimum absolute atomic E-state index is 0. The van der Waals surface area contributed by atoms with Crippen molar-refractivity contribution in [2.45, 2.75) is 38.8 Å². The Labute approximate surface area is 140 Å². The lowest BCUT2D eigenvalue weighted by Gasteiger charge is -2.29. The van der Waals surface area contributed by atoms with Crippen molar-refractivity contribution < 1.29 is 0 Å². The SMILES string of the molecule is CCN(C)c1ccc(CN2CC3CCCC(N)C3C2)cn1.Cl. The van der Waals surface area contributed by atoms with Gasteiger partial charge in [0.2, 0.25) is 0 Å². The van der Waals surface area contributed by atoms with E-state index in [9.17, 15) is 0 Å². The second kappa shape index (κ2) is 7.62. The zero-order valence-electron chi connectivity index (χ0n) is 13.7. The van der Waals surface area contributed by atoms with E-state index in [1.807, 2.05) is 6.20 Å². The predicted molar refractivity (Wildman–Crippen MR) is 94.5 cm³/mol. The zero-order valence-corrected chi connectivity index (χ0v) is 14.6. The molecule has 22 heavy (non-hydrogen) atoms. The normalized spacial score (nSPS) is 28.0. The maximum absolute atomic E-state index is 6.30. The molecule has 124 valence electrons. The Hall–Kier alpha value is -0.840. The summed E-state index contributed by atoms with van der Waals surface area (Å²) in [5, 5.41) is 0. The molecule has 0 amide bonds. The van der Waals surface area contributed by atoms with Gasteiger partial charge >= 0.3 is 0 Å². The van der Waals surface area contributed by atoms with Gasteiger partial charge in [0.15, 0.2) is 0 Å². The molecule has 0 bridgehead atoms. The minimum Gasteiger partial charge on any atom is -0.360 e. The van der Waals surface area contributed by atoms with E-state index in [4.69, 9.17) is 5.73 Å². The van der Waals surface area contributed by atoms with Crippen LogP contribution in [0.15, 0.2) is 18.3 Å². The highest BCUT2D eigenvalue weighted by Gasteiger charge is 2.38. The Kier molecular flexibility index (Phi) is 6.07. The monoisotopic (exact) mass is 324 g/mol. The van der Waals surface area contributed by atoms with Gasteiger partial charge in [0.25, 0.3) is 0 Å². The minimum atomic E-state index is 0. The molecular formula is C17H29ClN4. The van der Waals surface area contributed by atoms with Crippen molar-refractivity contribution in [1.29, 1.82) is 0 Å². The van der Waals surface area contributed by atoms with Gasteiger partial charge in [0, 0.05) is 45.5 Å². The van der Waals surface area contributed by atoms with Crippen molar-refractivity contribution in [1.82, 2.24) is 9.88 Å². The first-order valence-electron chi connectivity index (χ1n) is 8.31. The van der Waals surface area contributed by atoms with Gasteiger partial charge in [-0.25, -0.2) is 4.98 Å². The van der Waals surface area contributed by atoms with Crippen LogP contribution in [0.2, 0.25) is 0 Å². The third-order valence-electron chi connectivity index (χ3n) is 5.31. The molecule has 4 nitrogen and oxygen atoms in total. The van der Waals surface area contributed by atoms with Gasteiger partial charge in [-0.1, -0.05) is 12.5 Å². The van der Waals surface area contributed by atoms with E-state index >= 15 is 0 Å². The summed E-state index contributed by atoms with van der Waals surface area (Å²) in [4.78, 5) is 9.30. The van der Waals surface area contributed by atoms with E-state index < -0.39 is 0 Å². The Balaban J connectivity index is 0.00000176. The summed E-state index contributed by atoms with van der Waals surface area (Å²) in [6.07, 6.45) is 5.93. The molecule has 1 aliphatic carbocycles. The maximum atomic E-state index is 6.30. The number of aromatic nitrogens is 1. The molecule has 5 heteroatoms. The van der Waals surface area contributed by atoms with E-state index in [2.05, 4.69) is 40.9 Å². The Bertz CT molecular complexity index is 464. The summed E-state index contributed by atoms with van der Waals surface area (Å²) < 4.78 is 0. The first-order chi connectivity index (χ1) is 10.2. The third kappa shape index (κ3) is 3.73. The highest BCUT2D eigenvalue weighted by atomic mass is 35.5. The van der Waals surface area contributed by atoms with Crippen molar-refractivity contribution in [3.63, 3.8) is 0 Å². The fraction of sp³-hybridized carbons (Fsp3) is 0.706. The van der Waals surface area contributed by atoms with Crippen LogP contribution in [0.25, 0.3) is 0 Å². The van der Waals surface area contributed by atoms with Crippen molar-refractivity contribution in [2.24, 2.45) is 17.6 Å². The fourth-order valence-corrected chi connectivity index (χ4v) is 3.89. The van der Waals surface area contributed by atoms with Gasteiger partial charge in [0.05, 0.1) is 0 Å². The summed E-state index contributed by atoms with van der Waals surface area (Å²) in [6, 6.07) is 4.77. The van der Waals surface area contributed by atoms with E-state index in [0.29, 0.717) is 6.04 Å². The van der Waals surface area contributed by atoms with Gasteiger partial charge in [-0.05, 0) is 43.2 Å². The smallest absolute Gasteiger partial charge is 0.128 e. The van der Waals surface area contributed by atoms with Crippen LogP contribution in [0.5, 0.6) is 0 Å². The highest BCUT2D eigenvalue weighted by Crippen LogP contribution is 2.36. The van der Waals surface area contributed by atoms with Crippen LogP contribution in [0, 0.1) is 11.8 Å². The van der Waals surface area contributed by atoms with Crippen LogP contribution in [-0.2, 0) is 6.54 Å². The summed E-state index contributed by atoms with van der Waals surface area (Å²) >= 11 is 0. The number of pyridine rings is 1. The van der Waals surface area contributed by atoms with Gasteiger partial charge in [-0.2, -0.15) is 0 Å². The molecule has 1 aliphatic heterocycles. The second-order valence-corrected chi connectivity index (χ2v) is 6.75. The maximum Gasteiger partial charge on any atom is 0.128 e. The Morgan fingerprint density at radius 1 is 1.32 bits per heavy atom. The van der Waals surface area contributed by atoms with Crippen LogP contribution < -0.4 is 10.6 Å². The lowest BCUT2D eigenvalue weighted by molar-refractivity contribution is 0.259. The van der Waals surface area contributed by atoms with Gasteiger partial charge < -0.3 is 10.6 Å². The molecule has 0 spiro atoms. The fourth-order valence-electron chi connectivity index (χ4n) is 3.89. The number of nitrogens with two attached hydrogens (primary N) is 1. The first kappa shape index (κ1) is 17.5. The largest absolute Gasteiger partial charge is 0.360 e. The quantitative estimate of drug-likeness (QED) is 0.924. The number of hydrogen-bond donors (Lipinski definition) is 1. The third-order valence-corrected chi connectivity index (χ3v) is 5.31. The average Bonchev–Trinajstić information content (AvgIpc) is 2.91. The summed E-state index contributed by atoms with van der Waals surface area (Å²) in [6.45, 7) is 6.53. The summed E-state index contributed by atoms with van der Waals surface area (Å²) in [5.74, 6) is 2.60. The van der Waals surface area contributed by atoms with Crippen LogP contribution in [0.4, 0.5) is 5.82 Å². The van der Waals surface area contributed by atoms with Crippen molar-refractivity contribution in [3.05, 3.63) is 23.9 Å². The van der Waals surface area contributed by atoms with E-state index in [0.717, 1.165) is 30.7 Å². The number of likely N-dealkylation sites (tertiary alicyclic amines) is 1.